The van der Waals surface area contributed by atoms with Crippen LogP contribution in [0, 0.1) is 16.0 Å². The van der Waals surface area contributed by atoms with Gasteiger partial charge in [-0.15, -0.1) is 0 Å². The maximum absolute atomic E-state index is 12.1. The molecule has 0 spiro atoms. The number of nitrogens with one attached hydrogen (secondary N) is 1. The summed E-state index contributed by atoms with van der Waals surface area (Å²) in [5, 5.41) is 23.4. The summed E-state index contributed by atoms with van der Waals surface area (Å²) in [6.45, 7) is 6.40. The first kappa shape index (κ1) is 17.2. The summed E-state index contributed by atoms with van der Waals surface area (Å²) in [5.41, 5.74) is 0.128. The first-order chi connectivity index (χ1) is 9.94. The Kier molecular flexibility index (Phi) is 6.36. The Bertz CT molecular complexity index is 494. The van der Waals surface area contributed by atoms with Gasteiger partial charge in [-0.25, -0.2) is 0 Å². The third-order valence-electron chi connectivity index (χ3n) is 3.73. The van der Waals surface area contributed by atoms with Gasteiger partial charge in [0.05, 0.1) is 17.2 Å². The van der Waals surface area contributed by atoms with Crippen molar-refractivity contribution >= 4 is 11.6 Å². The molecule has 118 valence electrons. The smallest absolute Gasteiger partial charge is 0.287 e. The molecule has 1 heterocycles. The summed E-state index contributed by atoms with van der Waals surface area (Å²) in [7, 11) is 0. The highest BCUT2D eigenvalue weighted by Crippen LogP contribution is 2.17. The second-order valence-electron chi connectivity index (χ2n) is 4.98. The van der Waals surface area contributed by atoms with E-state index in [1.807, 2.05) is 13.8 Å². The zero-order chi connectivity index (χ0) is 16.0. The zero-order valence-electron chi connectivity index (χ0n) is 12.7. The summed E-state index contributed by atoms with van der Waals surface area (Å²) in [6, 6.07) is 1.25. The third-order valence-corrected chi connectivity index (χ3v) is 3.73. The summed E-state index contributed by atoms with van der Waals surface area (Å²) < 4.78 is 1.52. The molecule has 0 radical (unpaired) electrons. The maximum atomic E-state index is 12.1. The monoisotopic (exact) mass is 297 g/mol. The lowest BCUT2D eigenvalue weighted by atomic mass is 9.96. The van der Waals surface area contributed by atoms with Gasteiger partial charge >= 0.3 is 0 Å². The molecule has 0 aliphatic heterocycles. The van der Waals surface area contributed by atoms with Crippen molar-refractivity contribution in [2.75, 3.05) is 6.54 Å². The van der Waals surface area contributed by atoms with Crippen LogP contribution in [0.5, 0.6) is 0 Å². The summed E-state index contributed by atoms with van der Waals surface area (Å²) >= 11 is 0. The zero-order valence-corrected chi connectivity index (χ0v) is 12.7. The van der Waals surface area contributed by atoms with E-state index in [-0.39, 0.29) is 23.8 Å². The van der Waals surface area contributed by atoms with E-state index in [2.05, 4.69) is 5.32 Å². The minimum Gasteiger partial charge on any atom is -0.391 e. The van der Waals surface area contributed by atoms with Gasteiger partial charge in [0.15, 0.2) is 0 Å². The van der Waals surface area contributed by atoms with Gasteiger partial charge < -0.3 is 15.0 Å². The molecular weight excluding hydrogens is 274 g/mol. The summed E-state index contributed by atoms with van der Waals surface area (Å²) in [6.07, 6.45) is 2.41. The number of amides is 1. The quantitative estimate of drug-likeness (QED) is 0.566. The number of aromatic nitrogens is 1. The lowest BCUT2D eigenvalue weighted by Crippen LogP contribution is -2.36. The fraction of sp³-hybridized carbons (Fsp3) is 0.643. The van der Waals surface area contributed by atoms with Crippen molar-refractivity contribution in [3.05, 3.63) is 28.1 Å². The molecule has 0 fully saturated rings. The Morgan fingerprint density at radius 3 is 2.52 bits per heavy atom. The van der Waals surface area contributed by atoms with E-state index >= 15 is 0 Å². The highest BCUT2D eigenvalue weighted by molar-refractivity contribution is 5.93. The van der Waals surface area contributed by atoms with Crippen LogP contribution in [-0.2, 0) is 6.54 Å². The lowest BCUT2D eigenvalue weighted by Gasteiger charge is -2.20. The van der Waals surface area contributed by atoms with E-state index in [1.54, 1.807) is 6.92 Å². The Morgan fingerprint density at radius 1 is 1.43 bits per heavy atom. The molecule has 0 aliphatic carbocycles. The van der Waals surface area contributed by atoms with Crippen molar-refractivity contribution in [3.8, 4) is 0 Å². The highest BCUT2D eigenvalue weighted by atomic mass is 16.6. The fourth-order valence-electron chi connectivity index (χ4n) is 2.33. The van der Waals surface area contributed by atoms with E-state index in [9.17, 15) is 20.0 Å². The van der Waals surface area contributed by atoms with Gasteiger partial charge in [-0.3, -0.25) is 14.9 Å². The first-order valence-electron chi connectivity index (χ1n) is 7.25. The number of nitro groups is 1. The van der Waals surface area contributed by atoms with Crippen LogP contribution in [0.1, 0.15) is 44.1 Å². The van der Waals surface area contributed by atoms with Gasteiger partial charge in [0.25, 0.3) is 11.6 Å². The van der Waals surface area contributed by atoms with Gasteiger partial charge in [-0.1, -0.05) is 26.7 Å². The van der Waals surface area contributed by atoms with Crippen LogP contribution < -0.4 is 5.32 Å². The average molecular weight is 297 g/mol. The average Bonchev–Trinajstić information content (AvgIpc) is 2.90. The molecule has 0 aromatic carbocycles. The SMILES string of the molecule is CCC(CC)C(O)CNC(=O)c1cc([N+](=O)[O-])cn1CC. The van der Waals surface area contributed by atoms with Crippen molar-refractivity contribution in [1.29, 1.82) is 0 Å². The van der Waals surface area contributed by atoms with Gasteiger partial charge in [0.2, 0.25) is 0 Å². The predicted molar refractivity (Wildman–Crippen MR) is 79.2 cm³/mol. The molecule has 7 nitrogen and oxygen atoms in total. The first-order valence-corrected chi connectivity index (χ1v) is 7.25. The van der Waals surface area contributed by atoms with Crippen LogP contribution in [0.15, 0.2) is 12.3 Å². The molecule has 21 heavy (non-hydrogen) atoms. The molecule has 0 saturated heterocycles. The molecule has 1 aromatic heterocycles. The number of hydrogen-bond donors (Lipinski definition) is 2. The molecule has 0 saturated carbocycles. The van der Waals surface area contributed by atoms with E-state index in [0.717, 1.165) is 12.8 Å². The molecular formula is C14H23N3O4. The van der Waals surface area contributed by atoms with Crippen LogP contribution in [0.25, 0.3) is 0 Å². The van der Waals surface area contributed by atoms with E-state index in [0.29, 0.717) is 6.54 Å². The molecule has 1 rings (SSSR count). The lowest BCUT2D eigenvalue weighted by molar-refractivity contribution is -0.384. The van der Waals surface area contributed by atoms with Crippen LogP contribution in [-0.4, -0.2) is 33.2 Å². The van der Waals surface area contributed by atoms with Gasteiger partial charge in [-0.2, -0.15) is 0 Å². The number of carbonyl (C=O) groups is 1. The topological polar surface area (TPSA) is 97.4 Å². The molecule has 1 aromatic rings. The van der Waals surface area contributed by atoms with Crippen LogP contribution in [0.4, 0.5) is 5.69 Å². The standard InChI is InChI=1S/C14H23N3O4/c1-4-10(5-2)13(18)8-15-14(19)12-7-11(17(20)21)9-16(12)6-3/h7,9-10,13,18H,4-6,8H2,1-3H3,(H,15,19). The van der Waals surface area contributed by atoms with Crippen molar-refractivity contribution in [2.24, 2.45) is 5.92 Å². The number of aliphatic hydroxyl groups excluding tert-OH is 1. The minimum absolute atomic E-state index is 0.109. The van der Waals surface area contributed by atoms with Crippen LogP contribution >= 0.6 is 0 Å². The van der Waals surface area contributed by atoms with Gasteiger partial charge in [-0.05, 0) is 12.8 Å². The number of aryl methyl sites for hydroxylation is 1. The Hall–Kier alpha value is -1.89. The summed E-state index contributed by atoms with van der Waals surface area (Å²) in [5.74, 6) is -0.271. The van der Waals surface area contributed by atoms with Crippen LogP contribution in [0.3, 0.4) is 0 Å². The fourth-order valence-corrected chi connectivity index (χ4v) is 2.33. The van der Waals surface area contributed by atoms with Crippen molar-refractivity contribution < 1.29 is 14.8 Å². The van der Waals surface area contributed by atoms with E-state index in [1.165, 1.54) is 16.8 Å². The number of nitrogens with zero attached hydrogens (tertiary/aromatic N) is 2. The predicted octanol–water partition coefficient (Wildman–Crippen LogP) is 1.94. The second kappa shape index (κ2) is 7.78. The van der Waals surface area contributed by atoms with Crippen molar-refractivity contribution in [1.82, 2.24) is 9.88 Å². The molecule has 1 amide bonds. The van der Waals surface area contributed by atoms with Gasteiger partial charge in [0.1, 0.15) is 5.69 Å². The second-order valence-corrected chi connectivity index (χ2v) is 4.98. The van der Waals surface area contributed by atoms with Crippen molar-refractivity contribution in [2.45, 2.75) is 46.3 Å². The third kappa shape index (κ3) is 4.29. The molecule has 0 aliphatic rings. The largest absolute Gasteiger partial charge is 0.391 e. The van der Waals surface area contributed by atoms with E-state index in [4.69, 9.17) is 0 Å². The molecule has 2 N–H and O–H groups in total. The molecule has 1 unspecified atom stereocenters. The number of hydrogen-bond acceptors (Lipinski definition) is 4. The summed E-state index contributed by atoms with van der Waals surface area (Å²) in [4.78, 5) is 22.3. The molecule has 0 bridgehead atoms. The highest BCUT2D eigenvalue weighted by Gasteiger charge is 2.21. The maximum Gasteiger partial charge on any atom is 0.287 e. The Balaban J connectivity index is 2.73. The van der Waals surface area contributed by atoms with E-state index < -0.39 is 16.9 Å². The van der Waals surface area contributed by atoms with Crippen molar-refractivity contribution in [3.63, 3.8) is 0 Å². The minimum atomic E-state index is -0.607. The molecule has 1 atom stereocenters. The normalized spacial score (nSPS) is 12.4. The Morgan fingerprint density at radius 2 is 2.05 bits per heavy atom. The number of rotatable bonds is 8. The molecule has 7 heteroatoms. The van der Waals surface area contributed by atoms with Gasteiger partial charge in [0, 0.05) is 19.2 Å². The number of aliphatic hydroxyl groups is 1. The number of carbonyl (C=O) groups excluding carboxylic acids is 1. The van der Waals surface area contributed by atoms with Crippen LogP contribution in [0.2, 0.25) is 0 Å². The Labute approximate surface area is 124 Å².